The first-order chi connectivity index (χ1) is 21.9. The van der Waals surface area contributed by atoms with E-state index in [1.165, 1.54) is 37.6 Å². The number of methoxy groups -OCH3 is 1. The van der Waals surface area contributed by atoms with Gasteiger partial charge in [-0.3, -0.25) is 19.1 Å². The Bertz CT molecular complexity index is 2050. The number of halogens is 3. The molecule has 244 valence electrons. The number of fused-ring (bicyclic) bond motifs is 1. The number of benzene rings is 2. The fraction of sp³-hybridized carbons (Fsp3) is 0.345. The Morgan fingerprint density at radius 3 is 2.54 bits per heavy atom. The molecule has 2 aromatic carbocycles. The summed E-state index contributed by atoms with van der Waals surface area (Å²) in [5, 5.41) is 4.13. The lowest BCUT2D eigenvalue weighted by Crippen LogP contribution is -2.31. The molecule has 1 aliphatic heterocycles. The average Bonchev–Trinajstić information content (AvgIpc) is 3.66. The smallest absolute Gasteiger partial charge is 0.325 e. The topological polar surface area (TPSA) is 143 Å². The molecule has 0 N–H and O–H groups in total. The van der Waals surface area contributed by atoms with Gasteiger partial charge >= 0.3 is 10.8 Å². The molecular weight excluding hydrogens is 702 g/mol. The van der Waals surface area contributed by atoms with Crippen molar-refractivity contribution in [3.05, 3.63) is 83.7 Å². The Hall–Kier alpha value is -3.24. The normalized spacial score (nSPS) is 14.8. The zero-order chi connectivity index (χ0) is 33.2. The Labute approximate surface area is 280 Å². The SMILES string of the molecule is COC(=O)CSc1cc(/N=c2\sc(=O)n3n2CCCC3)c(F)cc1Cl.CS(=O)(=O)c1cc(Cl)ccc1C(=O)c1cnoc1C1CC1. The van der Waals surface area contributed by atoms with Gasteiger partial charge in [-0.05, 0) is 67.4 Å². The molecule has 0 unspecified atom stereocenters. The minimum Gasteiger partial charge on any atom is -0.468 e. The van der Waals surface area contributed by atoms with Crippen molar-refractivity contribution in [1.82, 2.24) is 14.5 Å². The zero-order valence-corrected chi connectivity index (χ0v) is 28.5. The van der Waals surface area contributed by atoms with Crippen LogP contribution >= 0.6 is 46.3 Å². The summed E-state index contributed by atoms with van der Waals surface area (Å²) in [5.41, 5.74) is 0.496. The Morgan fingerprint density at radius 1 is 1.15 bits per heavy atom. The van der Waals surface area contributed by atoms with Crippen molar-refractivity contribution < 1.29 is 31.7 Å². The fourth-order valence-corrected chi connectivity index (χ4v) is 7.75. The van der Waals surface area contributed by atoms with Crippen molar-refractivity contribution in [2.24, 2.45) is 4.99 Å². The molecule has 3 heterocycles. The molecule has 4 aromatic rings. The second-order valence-corrected chi connectivity index (χ2v) is 15.2. The van der Waals surface area contributed by atoms with E-state index in [2.05, 4.69) is 14.9 Å². The molecule has 1 fully saturated rings. The minimum atomic E-state index is -3.57. The van der Waals surface area contributed by atoms with Crippen LogP contribution in [0.2, 0.25) is 10.0 Å². The van der Waals surface area contributed by atoms with Gasteiger partial charge in [-0.1, -0.05) is 28.4 Å². The number of carbonyl (C=O) groups is 2. The van der Waals surface area contributed by atoms with Gasteiger partial charge < -0.3 is 9.26 Å². The predicted octanol–water partition coefficient (Wildman–Crippen LogP) is 5.64. The van der Waals surface area contributed by atoms with E-state index in [1.54, 1.807) is 9.36 Å². The summed E-state index contributed by atoms with van der Waals surface area (Å²) >= 11 is 14.0. The van der Waals surface area contributed by atoms with E-state index >= 15 is 0 Å². The van der Waals surface area contributed by atoms with E-state index in [4.69, 9.17) is 27.7 Å². The highest BCUT2D eigenvalue weighted by atomic mass is 35.5. The number of ketones is 1. The molecule has 6 rings (SSSR count). The third-order valence-electron chi connectivity index (χ3n) is 7.06. The van der Waals surface area contributed by atoms with Crippen molar-refractivity contribution in [3.63, 3.8) is 0 Å². The third kappa shape index (κ3) is 7.82. The zero-order valence-electron chi connectivity index (χ0n) is 24.5. The summed E-state index contributed by atoms with van der Waals surface area (Å²) in [5.74, 6) is -0.585. The highest BCUT2D eigenvalue weighted by Crippen LogP contribution is 2.42. The molecule has 1 aliphatic carbocycles. The molecule has 2 aromatic heterocycles. The Balaban J connectivity index is 0.000000184. The van der Waals surface area contributed by atoms with Gasteiger partial charge in [0, 0.05) is 40.7 Å². The predicted molar refractivity (Wildman–Crippen MR) is 172 cm³/mol. The highest BCUT2D eigenvalue weighted by Gasteiger charge is 2.33. The number of sulfone groups is 1. The van der Waals surface area contributed by atoms with E-state index in [9.17, 15) is 27.2 Å². The quantitative estimate of drug-likeness (QED) is 0.128. The van der Waals surface area contributed by atoms with Gasteiger partial charge in [0.25, 0.3) is 0 Å². The van der Waals surface area contributed by atoms with Gasteiger partial charge in [-0.2, -0.15) is 0 Å². The molecule has 0 spiro atoms. The standard InChI is InChI=1S/C15H15ClFN3O3S2.C14H12ClNO4S/c1-23-13(21)8-24-12-7-11(10(17)6-9(12)16)18-14-19-4-2-3-5-20(19)15(22)25-14;1-21(18,19)12-6-9(15)4-5-10(12)13(17)11-7-16-20-14(11)8-2-3-8/h6-7H,2-5,8H2,1H3;4-8H,2-3H2,1H3/b18-14-;. The minimum absolute atomic E-state index is 0.0605. The fourth-order valence-electron chi connectivity index (χ4n) is 4.63. The summed E-state index contributed by atoms with van der Waals surface area (Å²) in [7, 11) is -2.27. The van der Waals surface area contributed by atoms with Crippen LogP contribution in [0.15, 0.2) is 60.6 Å². The van der Waals surface area contributed by atoms with Gasteiger partial charge in [0.1, 0.15) is 11.5 Å². The molecule has 0 amide bonds. The van der Waals surface area contributed by atoms with Crippen LogP contribution in [0, 0.1) is 5.82 Å². The molecule has 0 radical (unpaired) electrons. The lowest BCUT2D eigenvalue weighted by Gasteiger charge is -2.15. The van der Waals surface area contributed by atoms with Crippen LogP contribution in [0.4, 0.5) is 10.1 Å². The van der Waals surface area contributed by atoms with Gasteiger partial charge in [-0.25, -0.2) is 22.5 Å². The summed E-state index contributed by atoms with van der Waals surface area (Å²) in [4.78, 5) is 41.0. The molecule has 0 atom stereocenters. The van der Waals surface area contributed by atoms with Gasteiger partial charge in [0.2, 0.25) is 4.80 Å². The largest absolute Gasteiger partial charge is 0.468 e. The number of nitrogens with zero attached hydrogens (tertiary/aromatic N) is 4. The van der Waals surface area contributed by atoms with Crippen molar-refractivity contribution >= 4 is 73.6 Å². The number of ether oxygens (including phenoxy) is 1. The molecule has 17 heteroatoms. The maximum absolute atomic E-state index is 14.3. The van der Waals surface area contributed by atoms with Crippen molar-refractivity contribution in [1.29, 1.82) is 0 Å². The van der Waals surface area contributed by atoms with E-state index in [1.807, 2.05) is 0 Å². The maximum atomic E-state index is 14.3. The summed E-state index contributed by atoms with van der Waals surface area (Å²) in [6.45, 7) is 1.32. The number of thioether (sulfide) groups is 1. The maximum Gasteiger partial charge on any atom is 0.325 e. The first-order valence-corrected chi connectivity index (χ1v) is 18.3. The summed E-state index contributed by atoms with van der Waals surface area (Å²) in [6, 6.07) is 6.85. The van der Waals surface area contributed by atoms with Crippen LogP contribution in [0.1, 0.15) is 53.3 Å². The Kier molecular flexibility index (Phi) is 10.6. The second-order valence-electron chi connectivity index (χ2n) is 10.4. The first kappa shape index (κ1) is 34.1. The number of carbonyl (C=O) groups excluding carboxylic acids is 2. The van der Waals surface area contributed by atoms with Gasteiger partial charge in [0.05, 0.1) is 34.5 Å². The van der Waals surface area contributed by atoms with Crippen molar-refractivity contribution in [2.45, 2.75) is 54.5 Å². The van der Waals surface area contributed by atoms with Crippen LogP contribution in [0.3, 0.4) is 0 Å². The van der Waals surface area contributed by atoms with E-state index in [0.717, 1.165) is 61.1 Å². The molecular formula is C29H27Cl2FN4O7S3. The van der Waals surface area contributed by atoms with E-state index in [0.29, 0.717) is 34.1 Å². The van der Waals surface area contributed by atoms with Crippen LogP contribution < -0.4 is 9.67 Å². The molecule has 0 bridgehead atoms. The Morgan fingerprint density at radius 2 is 1.87 bits per heavy atom. The average molecular weight is 730 g/mol. The number of hydrogen-bond acceptors (Lipinski definition) is 11. The van der Waals surface area contributed by atoms with Crippen LogP contribution in [-0.4, -0.2) is 53.8 Å². The molecule has 46 heavy (non-hydrogen) atoms. The number of esters is 1. The second kappa shape index (κ2) is 14.3. The summed E-state index contributed by atoms with van der Waals surface area (Å²) in [6.07, 6.45) is 6.19. The molecule has 2 aliphatic rings. The molecule has 0 saturated heterocycles. The van der Waals surface area contributed by atoms with Gasteiger partial charge in [0.15, 0.2) is 21.4 Å². The summed E-state index contributed by atoms with van der Waals surface area (Å²) < 4.78 is 51.1. The number of rotatable bonds is 8. The lowest BCUT2D eigenvalue weighted by molar-refractivity contribution is -0.137. The highest BCUT2D eigenvalue weighted by molar-refractivity contribution is 8.00. The monoisotopic (exact) mass is 728 g/mol. The molecule has 1 saturated carbocycles. The van der Waals surface area contributed by atoms with Crippen molar-refractivity contribution in [3.8, 4) is 0 Å². The van der Waals surface area contributed by atoms with Crippen LogP contribution in [-0.2, 0) is 32.5 Å². The number of aromatic nitrogens is 3. The van der Waals surface area contributed by atoms with Crippen molar-refractivity contribution in [2.75, 3.05) is 19.1 Å². The van der Waals surface area contributed by atoms with E-state index < -0.39 is 27.4 Å². The lowest BCUT2D eigenvalue weighted by atomic mass is 10.0. The van der Waals surface area contributed by atoms with E-state index in [-0.39, 0.29) is 42.7 Å². The van der Waals surface area contributed by atoms with Crippen LogP contribution in [0.5, 0.6) is 0 Å². The van der Waals surface area contributed by atoms with Crippen LogP contribution in [0.25, 0.3) is 0 Å². The van der Waals surface area contributed by atoms with Gasteiger partial charge in [-0.15, -0.1) is 11.8 Å². The first-order valence-electron chi connectivity index (χ1n) is 13.9. The number of hydrogen-bond donors (Lipinski definition) is 0. The molecule has 11 nitrogen and oxygen atoms in total. The third-order valence-corrected chi connectivity index (χ3v) is 10.8.